The van der Waals surface area contributed by atoms with E-state index in [1.807, 2.05) is 30.3 Å². The lowest BCUT2D eigenvalue weighted by molar-refractivity contribution is 0.291. The maximum atomic E-state index is 9.60. The van der Waals surface area contributed by atoms with Gasteiger partial charge in [-0.05, 0) is 5.56 Å². The summed E-state index contributed by atoms with van der Waals surface area (Å²) in [5, 5.41) is 11.4. The number of hydrogen-bond acceptors (Lipinski definition) is 2. The summed E-state index contributed by atoms with van der Waals surface area (Å²) in [6, 6.07) is 8.97. The van der Waals surface area contributed by atoms with Crippen molar-refractivity contribution in [2.45, 2.75) is 6.04 Å². The van der Waals surface area contributed by atoms with E-state index in [0.29, 0.717) is 13.1 Å². The van der Waals surface area contributed by atoms with Crippen LogP contribution in [0.2, 0.25) is 0 Å². The monoisotopic (exact) mass is 178 g/mol. The van der Waals surface area contributed by atoms with E-state index in [2.05, 4.69) is 5.32 Å². The Morgan fingerprint density at radius 2 is 2.00 bits per heavy atom. The number of aliphatic hydroxyl groups is 1. The van der Waals surface area contributed by atoms with Gasteiger partial charge in [-0.2, -0.15) is 0 Å². The number of benzene rings is 1. The van der Waals surface area contributed by atoms with E-state index in [9.17, 15) is 5.73 Å². The van der Waals surface area contributed by atoms with E-state index in [4.69, 9.17) is 5.11 Å². The van der Waals surface area contributed by atoms with Crippen molar-refractivity contribution in [2.24, 2.45) is 0 Å². The van der Waals surface area contributed by atoms with Gasteiger partial charge in [-0.25, -0.2) is 0 Å². The molecule has 0 saturated carbocycles. The fourth-order valence-corrected chi connectivity index (χ4v) is 1.11. The number of nitrogens with one attached hydrogen (secondary N) is 1. The largest absolute Gasteiger partial charge is 0.395 e. The molecule has 1 rings (SSSR count). The molecule has 13 heavy (non-hydrogen) atoms. The minimum Gasteiger partial charge on any atom is -0.395 e. The van der Waals surface area contributed by atoms with Gasteiger partial charge in [-0.1, -0.05) is 30.3 Å². The summed E-state index contributed by atoms with van der Waals surface area (Å²) in [6.07, 6.45) is 0. The van der Waals surface area contributed by atoms with Crippen LogP contribution in [-0.4, -0.2) is 24.8 Å². The smallest absolute Gasteiger partial charge is 0.0807 e. The summed E-state index contributed by atoms with van der Waals surface area (Å²) in [5.74, 6) is 0. The molecule has 2 N–H and O–H groups in total. The van der Waals surface area contributed by atoms with Gasteiger partial charge < -0.3 is 10.4 Å². The third kappa shape index (κ3) is 3.55. The molecule has 0 fully saturated rings. The van der Waals surface area contributed by atoms with Gasteiger partial charge in [0.25, 0.3) is 0 Å². The molecule has 1 aromatic carbocycles. The first kappa shape index (κ1) is 10.2. The van der Waals surface area contributed by atoms with Crippen LogP contribution in [0.5, 0.6) is 0 Å². The van der Waals surface area contributed by atoms with E-state index >= 15 is 0 Å². The third-order valence-electron chi connectivity index (χ3n) is 1.81. The fraction of sp³-hybridized carbons (Fsp3) is 0.400. The predicted octanol–water partition coefficient (Wildman–Crippen LogP) is 0.378. The van der Waals surface area contributed by atoms with Crippen molar-refractivity contribution in [1.29, 1.82) is 0 Å². The van der Waals surface area contributed by atoms with Crippen LogP contribution in [0, 0.1) is 0 Å². The SMILES string of the molecule is [N][C@H](CNCCO)c1ccccc1. The van der Waals surface area contributed by atoms with Crippen LogP contribution in [0.15, 0.2) is 30.3 Å². The highest BCUT2D eigenvalue weighted by atomic mass is 16.3. The Bertz CT molecular complexity index is 226. The van der Waals surface area contributed by atoms with Gasteiger partial charge in [0.15, 0.2) is 0 Å². The molecule has 0 bridgehead atoms. The van der Waals surface area contributed by atoms with Gasteiger partial charge >= 0.3 is 0 Å². The summed E-state index contributed by atoms with van der Waals surface area (Å²) in [5.41, 5.74) is 10.5. The van der Waals surface area contributed by atoms with Gasteiger partial charge in [0.05, 0.1) is 12.6 Å². The first-order valence-electron chi connectivity index (χ1n) is 4.39. The molecule has 0 aliphatic heterocycles. The average molecular weight is 178 g/mol. The molecule has 0 spiro atoms. The van der Waals surface area contributed by atoms with Gasteiger partial charge in [0.2, 0.25) is 0 Å². The zero-order valence-electron chi connectivity index (χ0n) is 7.48. The van der Waals surface area contributed by atoms with Gasteiger partial charge in [0, 0.05) is 13.1 Å². The summed E-state index contributed by atoms with van der Waals surface area (Å²) in [4.78, 5) is 0. The van der Waals surface area contributed by atoms with E-state index in [1.54, 1.807) is 0 Å². The van der Waals surface area contributed by atoms with Gasteiger partial charge in [0.1, 0.15) is 0 Å². The highest BCUT2D eigenvalue weighted by Crippen LogP contribution is 2.09. The topological polar surface area (TPSA) is 54.6 Å². The molecule has 1 atom stereocenters. The molecule has 3 nitrogen and oxygen atoms in total. The fourth-order valence-electron chi connectivity index (χ4n) is 1.11. The van der Waals surface area contributed by atoms with E-state index in [-0.39, 0.29) is 6.61 Å². The van der Waals surface area contributed by atoms with Gasteiger partial charge in [-0.15, -0.1) is 5.73 Å². The molecule has 0 amide bonds. The number of rotatable bonds is 5. The Kier molecular flexibility index (Phi) is 4.46. The molecule has 0 aromatic heterocycles. The quantitative estimate of drug-likeness (QED) is 0.640. The summed E-state index contributed by atoms with van der Waals surface area (Å²) >= 11 is 0. The van der Waals surface area contributed by atoms with Crippen molar-refractivity contribution in [3.8, 4) is 0 Å². The van der Waals surface area contributed by atoms with Crippen molar-refractivity contribution in [1.82, 2.24) is 11.1 Å². The third-order valence-corrected chi connectivity index (χ3v) is 1.81. The molecule has 3 heteroatoms. The van der Waals surface area contributed by atoms with E-state index in [0.717, 1.165) is 5.56 Å². The van der Waals surface area contributed by atoms with Crippen molar-refractivity contribution >= 4 is 0 Å². The Labute approximate surface area is 78.6 Å². The Hall–Kier alpha value is -0.900. The van der Waals surface area contributed by atoms with Crippen molar-refractivity contribution in [2.75, 3.05) is 19.7 Å². The van der Waals surface area contributed by atoms with Crippen LogP contribution in [0.25, 0.3) is 0 Å². The lowest BCUT2D eigenvalue weighted by Gasteiger charge is -2.09. The normalized spacial score (nSPS) is 12.8. The molecular formula is C10H14N2O. The maximum Gasteiger partial charge on any atom is 0.0807 e. The van der Waals surface area contributed by atoms with Crippen molar-refractivity contribution < 1.29 is 5.11 Å². The summed E-state index contributed by atoms with van der Waals surface area (Å²) < 4.78 is 0. The highest BCUT2D eigenvalue weighted by molar-refractivity contribution is 5.18. The zero-order valence-corrected chi connectivity index (χ0v) is 7.48. The van der Waals surface area contributed by atoms with Crippen LogP contribution in [0.3, 0.4) is 0 Å². The molecule has 1 aromatic rings. The van der Waals surface area contributed by atoms with E-state index < -0.39 is 6.04 Å². The molecule has 0 aliphatic carbocycles. The number of aliphatic hydroxyl groups excluding tert-OH is 1. The Balaban J connectivity index is 2.35. The highest BCUT2D eigenvalue weighted by Gasteiger charge is 2.05. The van der Waals surface area contributed by atoms with Crippen molar-refractivity contribution in [3.63, 3.8) is 0 Å². The van der Waals surface area contributed by atoms with E-state index in [1.165, 1.54) is 0 Å². The number of hydrogen-bond donors (Lipinski definition) is 2. The second-order valence-electron chi connectivity index (χ2n) is 2.85. The van der Waals surface area contributed by atoms with Crippen LogP contribution >= 0.6 is 0 Å². The van der Waals surface area contributed by atoms with Gasteiger partial charge in [-0.3, -0.25) is 0 Å². The molecule has 70 valence electrons. The van der Waals surface area contributed by atoms with Crippen LogP contribution < -0.4 is 11.1 Å². The zero-order chi connectivity index (χ0) is 9.52. The second-order valence-corrected chi connectivity index (χ2v) is 2.85. The minimum absolute atomic E-state index is 0.0987. The van der Waals surface area contributed by atoms with Crippen molar-refractivity contribution in [3.05, 3.63) is 35.9 Å². The molecular weight excluding hydrogens is 164 g/mol. The molecule has 0 heterocycles. The molecule has 0 aliphatic rings. The molecule has 0 unspecified atom stereocenters. The predicted molar refractivity (Wildman–Crippen MR) is 51.3 cm³/mol. The van der Waals surface area contributed by atoms with Crippen LogP contribution in [0.4, 0.5) is 0 Å². The lowest BCUT2D eigenvalue weighted by Crippen LogP contribution is -2.25. The molecule has 0 saturated heterocycles. The lowest BCUT2D eigenvalue weighted by atomic mass is 10.1. The average Bonchev–Trinajstić information content (AvgIpc) is 2.19. The standard InChI is InChI=1S/C10H14N2O/c11-10(8-12-6-7-13)9-4-2-1-3-5-9/h1-5,10,12-13H,6-8H2/t10-/m1/s1. The minimum atomic E-state index is -0.493. The Morgan fingerprint density at radius 3 is 2.62 bits per heavy atom. The molecule has 2 radical (unpaired) electrons. The summed E-state index contributed by atoms with van der Waals surface area (Å²) in [6.45, 7) is 1.09. The van der Waals surface area contributed by atoms with Crippen LogP contribution in [0.1, 0.15) is 11.6 Å². The summed E-state index contributed by atoms with van der Waals surface area (Å²) in [7, 11) is 0. The van der Waals surface area contributed by atoms with Crippen LogP contribution in [-0.2, 0) is 0 Å². The maximum absolute atomic E-state index is 9.60. The first-order valence-corrected chi connectivity index (χ1v) is 4.39. The first-order chi connectivity index (χ1) is 6.34. The Morgan fingerprint density at radius 1 is 1.31 bits per heavy atom. The number of nitrogens with zero attached hydrogens (tertiary/aromatic N) is 1. The second kappa shape index (κ2) is 5.70.